The molecule has 0 spiro atoms. The molecule has 0 saturated heterocycles. The summed E-state index contributed by atoms with van der Waals surface area (Å²) in [5, 5.41) is 3.39. The van der Waals surface area contributed by atoms with Gasteiger partial charge in [-0.15, -0.1) is 0 Å². The normalized spacial score (nSPS) is 10.4. The third-order valence-corrected chi connectivity index (χ3v) is 2.72. The highest BCUT2D eigenvalue weighted by molar-refractivity contribution is 9.10. The van der Waals surface area contributed by atoms with Crippen LogP contribution >= 0.6 is 15.9 Å². The highest BCUT2D eigenvalue weighted by atomic mass is 79.9. The Morgan fingerprint density at radius 2 is 2.15 bits per heavy atom. The van der Waals surface area contributed by atoms with Gasteiger partial charge in [0.2, 0.25) is 0 Å². The lowest BCUT2D eigenvalue weighted by molar-refractivity contribution is 0.674. The molecule has 0 radical (unpaired) electrons. The smallest absolute Gasteiger partial charge is 0.0220 e. The average molecular weight is 242 g/mol. The first-order valence-electron chi connectivity index (χ1n) is 4.69. The van der Waals surface area contributed by atoms with Crippen molar-refractivity contribution in [1.82, 2.24) is 5.32 Å². The Labute approximate surface area is 88.7 Å². The van der Waals surface area contributed by atoms with Crippen LogP contribution in [0.1, 0.15) is 24.5 Å². The fourth-order valence-electron chi connectivity index (χ4n) is 1.24. The minimum Gasteiger partial charge on any atom is -0.313 e. The molecule has 0 aliphatic rings. The first-order chi connectivity index (χ1) is 6.24. The van der Waals surface area contributed by atoms with E-state index >= 15 is 0 Å². The lowest BCUT2D eigenvalue weighted by atomic mass is 10.1. The fourth-order valence-corrected chi connectivity index (χ4v) is 1.63. The zero-order valence-corrected chi connectivity index (χ0v) is 9.82. The van der Waals surface area contributed by atoms with Gasteiger partial charge in [0.05, 0.1) is 0 Å². The van der Waals surface area contributed by atoms with Gasteiger partial charge in [-0.1, -0.05) is 40.5 Å². The van der Waals surface area contributed by atoms with Gasteiger partial charge in [-0.05, 0) is 31.5 Å². The molecular formula is C11H16BrN. The first kappa shape index (κ1) is 10.7. The number of rotatable bonds is 4. The molecule has 1 aromatic rings. The quantitative estimate of drug-likeness (QED) is 0.799. The van der Waals surface area contributed by atoms with Gasteiger partial charge >= 0.3 is 0 Å². The van der Waals surface area contributed by atoms with E-state index in [-0.39, 0.29) is 0 Å². The summed E-state index contributed by atoms with van der Waals surface area (Å²) in [6.45, 7) is 6.34. The topological polar surface area (TPSA) is 12.0 Å². The number of nitrogens with one attached hydrogen (secondary N) is 1. The second-order valence-corrected chi connectivity index (χ2v) is 4.13. The van der Waals surface area contributed by atoms with E-state index in [0.29, 0.717) is 0 Å². The van der Waals surface area contributed by atoms with Crippen molar-refractivity contribution in [1.29, 1.82) is 0 Å². The van der Waals surface area contributed by atoms with Crippen LogP contribution in [0.15, 0.2) is 22.7 Å². The van der Waals surface area contributed by atoms with E-state index in [1.165, 1.54) is 22.0 Å². The van der Waals surface area contributed by atoms with Crippen LogP contribution in [0.3, 0.4) is 0 Å². The Morgan fingerprint density at radius 1 is 1.38 bits per heavy atom. The van der Waals surface area contributed by atoms with Gasteiger partial charge in [0.25, 0.3) is 0 Å². The second-order valence-electron chi connectivity index (χ2n) is 3.27. The van der Waals surface area contributed by atoms with Gasteiger partial charge in [0, 0.05) is 11.0 Å². The zero-order chi connectivity index (χ0) is 9.68. The second kappa shape index (κ2) is 5.40. The minimum atomic E-state index is 0.954. The van der Waals surface area contributed by atoms with Crippen LogP contribution in [-0.2, 0) is 6.54 Å². The molecule has 0 bridgehead atoms. The standard InChI is InChI=1S/C11H16BrN/c1-3-6-13-8-10-7-9(2)4-5-11(10)12/h4-5,7,13H,3,6,8H2,1-2H3. The molecule has 0 atom stereocenters. The summed E-state index contributed by atoms with van der Waals surface area (Å²) in [7, 11) is 0. The van der Waals surface area contributed by atoms with Crippen molar-refractivity contribution in [2.75, 3.05) is 6.54 Å². The highest BCUT2D eigenvalue weighted by Gasteiger charge is 1.98. The Hall–Kier alpha value is -0.340. The summed E-state index contributed by atoms with van der Waals surface area (Å²) < 4.78 is 1.20. The molecule has 1 aromatic carbocycles. The number of hydrogen-bond acceptors (Lipinski definition) is 1. The maximum Gasteiger partial charge on any atom is 0.0220 e. The van der Waals surface area contributed by atoms with Crippen LogP contribution < -0.4 is 5.32 Å². The molecule has 0 saturated carbocycles. The lowest BCUT2D eigenvalue weighted by Gasteiger charge is -2.06. The Bertz CT molecular complexity index is 271. The van der Waals surface area contributed by atoms with E-state index in [1.807, 2.05) is 0 Å². The van der Waals surface area contributed by atoms with Crippen LogP contribution in [0.2, 0.25) is 0 Å². The molecule has 0 aromatic heterocycles. The van der Waals surface area contributed by atoms with Crippen LogP contribution in [0.5, 0.6) is 0 Å². The van der Waals surface area contributed by atoms with Crippen molar-refractivity contribution in [3.05, 3.63) is 33.8 Å². The summed E-state index contributed by atoms with van der Waals surface area (Å²) in [4.78, 5) is 0. The molecule has 2 heteroatoms. The Balaban J connectivity index is 2.59. The molecule has 0 fully saturated rings. The molecule has 13 heavy (non-hydrogen) atoms. The number of benzene rings is 1. The lowest BCUT2D eigenvalue weighted by Crippen LogP contribution is -2.14. The minimum absolute atomic E-state index is 0.954. The SMILES string of the molecule is CCCNCc1cc(C)ccc1Br. The molecule has 0 unspecified atom stereocenters. The van der Waals surface area contributed by atoms with Crippen molar-refractivity contribution in [2.24, 2.45) is 0 Å². The molecule has 0 amide bonds. The van der Waals surface area contributed by atoms with E-state index in [4.69, 9.17) is 0 Å². The van der Waals surface area contributed by atoms with E-state index < -0.39 is 0 Å². The van der Waals surface area contributed by atoms with Crippen LogP contribution in [-0.4, -0.2) is 6.54 Å². The van der Waals surface area contributed by atoms with E-state index in [2.05, 4.69) is 53.3 Å². The van der Waals surface area contributed by atoms with Crippen molar-refractivity contribution in [3.63, 3.8) is 0 Å². The van der Waals surface area contributed by atoms with Gasteiger partial charge in [0.1, 0.15) is 0 Å². The molecule has 1 nitrogen and oxygen atoms in total. The van der Waals surface area contributed by atoms with Gasteiger partial charge in [-0.3, -0.25) is 0 Å². The van der Waals surface area contributed by atoms with Crippen LogP contribution in [0, 0.1) is 6.92 Å². The summed E-state index contributed by atoms with van der Waals surface area (Å²) >= 11 is 3.54. The summed E-state index contributed by atoms with van der Waals surface area (Å²) in [5.41, 5.74) is 2.66. The molecular weight excluding hydrogens is 226 g/mol. The Kier molecular flexibility index (Phi) is 4.46. The monoisotopic (exact) mass is 241 g/mol. The maximum absolute atomic E-state index is 3.54. The first-order valence-corrected chi connectivity index (χ1v) is 5.49. The van der Waals surface area contributed by atoms with Crippen LogP contribution in [0.4, 0.5) is 0 Å². The van der Waals surface area contributed by atoms with E-state index in [0.717, 1.165) is 13.1 Å². The molecule has 72 valence electrons. The summed E-state index contributed by atoms with van der Waals surface area (Å²) in [6.07, 6.45) is 1.18. The largest absolute Gasteiger partial charge is 0.313 e. The van der Waals surface area contributed by atoms with E-state index in [9.17, 15) is 0 Å². The van der Waals surface area contributed by atoms with Gasteiger partial charge in [-0.2, -0.15) is 0 Å². The molecule has 0 aliphatic heterocycles. The van der Waals surface area contributed by atoms with Crippen molar-refractivity contribution < 1.29 is 0 Å². The number of hydrogen-bond donors (Lipinski definition) is 1. The van der Waals surface area contributed by atoms with Gasteiger partial charge in [-0.25, -0.2) is 0 Å². The Morgan fingerprint density at radius 3 is 2.85 bits per heavy atom. The predicted molar refractivity (Wildman–Crippen MR) is 60.9 cm³/mol. The molecule has 0 heterocycles. The van der Waals surface area contributed by atoms with Crippen molar-refractivity contribution in [2.45, 2.75) is 26.8 Å². The molecule has 0 aliphatic carbocycles. The predicted octanol–water partition coefficient (Wildman–Crippen LogP) is 3.26. The summed E-state index contributed by atoms with van der Waals surface area (Å²) in [5.74, 6) is 0. The third kappa shape index (κ3) is 3.49. The van der Waals surface area contributed by atoms with Gasteiger partial charge < -0.3 is 5.32 Å². The number of aryl methyl sites for hydroxylation is 1. The molecule has 1 N–H and O–H groups in total. The summed E-state index contributed by atoms with van der Waals surface area (Å²) in [6, 6.07) is 6.44. The molecule has 1 rings (SSSR count). The maximum atomic E-state index is 3.54. The average Bonchev–Trinajstić information content (AvgIpc) is 2.11. The van der Waals surface area contributed by atoms with Crippen LogP contribution in [0.25, 0.3) is 0 Å². The number of halogens is 1. The highest BCUT2D eigenvalue weighted by Crippen LogP contribution is 2.17. The van der Waals surface area contributed by atoms with E-state index in [1.54, 1.807) is 0 Å². The van der Waals surface area contributed by atoms with Crippen molar-refractivity contribution >= 4 is 15.9 Å². The van der Waals surface area contributed by atoms with Gasteiger partial charge in [0.15, 0.2) is 0 Å². The zero-order valence-electron chi connectivity index (χ0n) is 8.23. The fraction of sp³-hybridized carbons (Fsp3) is 0.455. The third-order valence-electron chi connectivity index (χ3n) is 1.94. The van der Waals surface area contributed by atoms with Crippen molar-refractivity contribution in [3.8, 4) is 0 Å².